The van der Waals surface area contributed by atoms with Crippen LogP contribution in [0.15, 0.2) is 66.7 Å². The van der Waals surface area contributed by atoms with Crippen molar-refractivity contribution in [2.45, 2.75) is 18.4 Å². The molecule has 3 aromatic carbocycles. The Hall–Kier alpha value is -4.43. The van der Waals surface area contributed by atoms with Gasteiger partial charge in [0.25, 0.3) is 5.91 Å². The molecule has 3 aromatic rings. The van der Waals surface area contributed by atoms with Gasteiger partial charge in [-0.3, -0.25) is 14.5 Å². The minimum atomic E-state index is -1.35. The van der Waals surface area contributed by atoms with Crippen molar-refractivity contribution in [2.24, 2.45) is 0 Å². The van der Waals surface area contributed by atoms with Crippen molar-refractivity contribution < 1.29 is 23.9 Å². The van der Waals surface area contributed by atoms with Crippen molar-refractivity contribution in [1.82, 2.24) is 9.80 Å². The van der Waals surface area contributed by atoms with Gasteiger partial charge in [0.15, 0.2) is 0 Å². The highest BCUT2D eigenvalue weighted by atomic mass is 35.5. The number of likely N-dealkylation sites (tertiary alicyclic amines) is 1. The Kier molecular flexibility index (Phi) is 8.42. The van der Waals surface area contributed by atoms with Gasteiger partial charge in [-0.15, -0.1) is 0 Å². The van der Waals surface area contributed by atoms with E-state index >= 15 is 0 Å². The van der Waals surface area contributed by atoms with Crippen molar-refractivity contribution >= 4 is 58.4 Å². The number of carbonyl (C=O) groups is 4. The molecule has 0 unspecified atom stereocenters. The number of nitriles is 1. The summed E-state index contributed by atoms with van der Waals surface area (Å²) in [5, 5.41) is 12.7. The molecular formula is C31H27Cl2N5O5. The summed E-state index contributed by atoms with van der Waals surface area (Å²) in [5.41, 5.74) is 0.959. The number of hydrogen-bond donors (Lipinski definition) is 1. The van der Waals surface area contributed by atoms with Gasteiger partial charge in [0.05, 0.1) is 36.0 Å². The minimum absolute atomic E-state index is 0.0630. The summed E-state index contributed by atoms with van der Waals surface area (Å²) >= 11 is 12.4. The molecule has 2 fully saturated rings. The Morgan fingerprint density at radius 1 is 1.05 bits per heavy atom. The number of nitrogens with zero attached hydrogens (tertiary/aromatic N) is 4. The SMILES string of the molecule is CCOC(=O)c1ccc(NC(=O)CN2C[C@@H](c3ccc(C#N)cc3)[C@]3(C2)C(=O)N(c2cc(Cl)cc(Cl)c2)C(=O)N3C)cc1. The quantitative estimate of drug-likeness (QED) is 0.294. The Balaban J connectivity index is 1.43. The van der Waals surface area contributed by atoms with E-state index in [4.69, 9.17) is 27.9 Å². The average molecular weight is 620 g/mol. The first kappa shape index (κ1) is 30.0. The van der Waals surface area contributed by atoms with E-state index in [9.17, 15) is 24.4 Å². The maximum Gasteiger partial charge on any atom is 0.338 e. The van der Waals surface area contributed by atoms with Gasteiger partial charge in [0.1, 0.15) is 5.54 Å². The minimum Gasteiger partial charge on any atom is -0.462 e. The zero-order chi connectivity index (χ0) is 30.9. The van der Waals surface area contributed by atoms with Crippen molar-refractivity contribution in [3.63, 3.8) is 0 Å². The molecule has 2 atom stereocenters. The van der Waals surface area contributed by atoms with Gasteiger partial charge in [-0.05, 0) is 67.1 Å². The average Bonchev–Trinajstić information content (AvgIpc) is 3.44. The van der Waals surface area contributed by atoms with E-state index in [-0.39, 0.29) is 47.9 Å². The normalized spacial score (nSPS) is 20.0. The second-order valence-corrected chi connectivity index (χ2v) is 11.2. The number of likely N-dealkylation sites (N-methyl/N-ethyl adjacent to an activating group) is 1. The van der Waals surface area contributed by atoms with Crippen LogP contribution in [0.5, 0.6) is 0 Å². The number of benzene rings is 3. The Morgan fingerprint density at radius 3 is 2.30 bits per heavy atom. The van der Waals surface area contributed by atoms with Crippen LogP contribution in [0.2, 0.25) is 10.0 Å². The third-order valence-electron chi connectivity index (χ3n) is 7.73. The maximum absolute atomic E-state index is 14.3. The van der Waals surface area contributed by atoms with Crippen LogP contribution in [0.3, 0.4) is 0 Å². The van der Waals surface area contributed by atoms with Crippen LogP contribution in [-0.4, -0.2) is 72.4 Å². The van der Waals surface area contributed by atoms with E-state index < -0.39 is 29.4 Å². The number of amides is 4. The topological polar surface area (TPSA) is 123 Å². The Bertz CT molecular complexity index is 1620. The number of carbonyl (C=O) groups excluding carboxylic acids is 4. The molecule has 0 aromatic heterocycles. The Morgan fingerprint density at radius 2 is 1.70 bits per heavy atom. The van der Waals surface area contributed by atoms with Gasteiger partial charge < -0.3 is 15.0 Å². The number of hydrogen-bond acceptors (Lipinski definition) is 7. The van der Waals surface area contributed by atoms with Crippen LogP contribution in [-0.2, 0) is 14.3 Å². The molecular weight excluding hydrogens is 593 g/mol. The van der Waals surface area contributed by atoms with Crippen LogP contribution in [0, 0.1) is 11.3 Å². The highest BCUT2D eigenvalue weighted by Gasteiger charge is 2.64. The van der Waals surface area contributed by atoms with Crippen LogP contribution >= 0.6 is 23.2 Å². The summed E-state index contributed by atoms with van der Waals surface area (Å²) in [6.45, 7) is 2.28. The predicted molar refractivity (Wildman–Crippen MR) is 161 cm³/mol. The largest absolute Gasteiger partial charge is 0.462 e. The number of anilines is 2. The van der Waals surface area contributed by atoms with Gasteiger partial charge in [0.2, 0.25) is 5.91 Å². The third kappa shape index (κ3) is 5.67. The predicted octanol–water partition coefficient (Wildman–Crippen LogP) is 4.92. The number of urea groups is 1. The van der Waals surface area contributed by atoms with E-state index in [1.54, 1.807) is 62.5 Å². The fourth-order valence-corrected chi connectivity index (χ4v) is 6.24. The van der Waals surface area contributed by atoms with E-state index in [0.717, 1.165) is 10.5 Å². The van der Waals surface area contributed by atoms with Gasteiger partial charge >= 0.3 is 12.0 Å². The molecule has 0 radical (unpaired) electrons. The van der Waals surface area contributed by atoms with Crippen LogP contribution in [0.1, 0.15) is 34.3 Å². The lowest BCUT2D eigenvalue weighted by molar-refractivity contribution is -0.125. The van der Waals surface area contributed by atoms with Crippen molar-refractivity contribution in [3.05, 3.63) is 93.5 Å². The van der Waals surface area contributed by atoms with E-state index in [2.05, 4.69) is 11.4 Å². The Labute approximate surface area is 258 Å². The molecule has 0 aliphatic carbocycles. The lowest BCUT2D eigenvalue weighted by Crippen LogP contribution is -2.53. The second kappa shape index (κ2) is 12.1. The zero-order valence-electron chi connectivity index (χ0n) is 23.3. The monoisotopic (exact) mass is 619 g/mol. The molecule has 5 rings (SSSR count). The summed E-state index contributed by atoms with van der Waals surface area (Å²) in [7, 11) is 1.57. The second-order valence-electron chi connectivity index (χ2n) is 10.3. The fourth-order valence-electron chi connectivity index (χ4n) is 5.72. The molecule has 2 saturated heterocycles. The zero-order valence-corrected chi connectivity index (χ0v) is 24.9. The summed E-state index contributed by atoms with van der Waals surface area (Å²) < 4.78 is 4.99. The summed E-state index contributed by atoms with van der Waals surface area (Å²) in [5.74, 6) is -1.77. The molecule has 0 saturated carbocycles. The van der Waals surface area contributed by atoms with Gasteiger partial charge in [-0.2, -0.15) is 5.26 Å². The fraction of sp³-hybridized carbons (Fsp3) is 0.258. The first-order valence-corrected chi connectivity index (χ1v) is 14.2. The number of ether oxygens (including phenoxy) is 1. The molecule has 2 aliphatic rings. The molecule has 1 spiro atoms. The van der Waals surface area contributed by atoms with Gasteiger partial charge in [0, 0.05) is 41.8 Å². The summed E-state index contributed by atoms with van der Waals surface area (Å²) in [4.78, 5) is 57.3. The van der Waals surface area contributed by atoms with Crippen LogP contribution in [0.4, 0.5) is 16.2 Å². The summed E-state index contributed by atoms with van der Waals surface area (Å²) in [6.07, 6.45) is 0. The number of halogens is 2. The van der Waals surface area contributed by atoms with Gasteiger partial charge in [-0.1, -0.05) is 35.3 Å². The highest BCUT2D eigenvalue weighted by molar-refractivity contribution is 6.35. The molecule has 1 N–H and O–H groups in total. The smallest absolute Gasteiger partial charge is 0.338 e. The summed E-state index contributed by atoms with van der Waals surface area (Å²) in [6, 6.07) is 19.3. The van der Waals surface area contributed by atoms with E-state index in [1.807, 2.05) is 4.90 Å². The number of imide groups is 1. The lowest BCUT2D eigenvalue weighted by Gasteiger charge is -2.34. The third-order valence-corrected chi connectivity index (χ3v) is 8.16. The van der Waals surface area contributed by atoms with E-state index in [1.165, 1.54) is 23.1 Å². The molecule has 220 valence electrons. The molecule has 4 amide bonds. The molecule has 0 bridgehead atoms. The first-order chi connectivity index (χ1) is 20.6. The molecule has 2 heterocycles. The first-order valence-electron chi connectivity index (χ1n) is 13.4. The molecule has 2 aliphatic heterocycles. The standard InChI is InChI=1S/C31H27Cl2N5O5/c1-3-43-28(40)21-8-10-24(11-9-21)35-27(39)17-37-16-26(20-6-4-19(15-34)5-7-20)31(18-37)29(41)38(30(42)36(31)2)25-13-22(32)12-23(33)14-25/h4-14,26H,3,16-18H2,1-2H3,(H,35,39)/t26-,31+/m0/s1. The van der Waals surface area contributed by atoms with Crippen LogP contribution < -0.4 is 10.2 Å². The number of nitrogens with one attached hydrogen (secondary N) is 1. The van der Waals surface area contributed by atoms with Crippen LogP contribution in [0.25, 0.3) is 0 Å². The van der Waals surface area contributed by atoms with Gasteiger partial charge in [-0.25, -0.2) is 14.5 Å². The maximum atomic E-state index is 14.3. The van der Waals surface area contributed by atoms with Crippen molar-refractivity contribution in [1.29, 1.82) is 5.26 Å². The highest BCUT2D eigenvalue weighted by Crippen LogP contribution is 2.46. The lowest BCUT2D eigenvalue weighted by atomic mass is 9.80. The van der Waals surface area contributed by atoms with Crippen molar-refractivity contribution in [3.8, 4) is 6.07 Å². The van der Waals surface area contributed by atoms with Crippen molar-refractivity contribution in [2.75, 3.05) is 43.5 Å². The molecule has 10 nitrogen and oxygen atoms in total. The molecule has 43 heavy (non-hydrogen) atoms. The van der Waals surface area contributed by atoms with E-state index in [0.29, 0.717) is 16.8 Å². The number of rotatable bonds is 7. The molecule has 12 heteroatoms. The number of esters is 1.